The van der Waals surface area contributed by atoms with Gasteiger partial charge in [-0.1, -0.05) is 156 Å². The summed E-state index contributed by atoms with van der Waals surface area (Å²) in [6.07, 6.45) is 0. The van der Waals surface area contributed by atoms with Gasteiger partial charge in [-0.2, -0.15) is 0 Å². The summed E-state index contributed by atoms with van der Waals surface area (Å²) in [5.41, 5.74) is 10.3. The fraction of sp³-hybridized carbons (Fsp3) is 0.308. The Balaban J connectivity index is 1.19. The number of hydrogen-bond donors (Lipinski definition) is 2. The summed E-state index contributed by atoms with van der Waals surface area (Å²) in [6.45, 7) is 26.5. The fourth-order valence-electron chi connectivity index (χ4n) is 6.72. The number of nitrogens with one attached hydrogen (secondary N) is 2. The summed E-state index contributed by atoms with van der Waals surface area (Å²) in [4.78, 5) is 29.8. The zero-order valence-corrected chi connectivity index (χ0v) is 37.2. The number of anilines is 2. The Kier molecular flexibility index (Phi) is 11.2. The molecule has 306 valence electrons. The van der Waals surface area contributed by atoms with E-state index in [9.17, 15) is 0 Å². The molecule has 2 aliphatic rings. The van der Waals surface area contributed by atoms with Crippen LogP contribution in [-0.2, 0) is 21.7 Å². The van der Waals surface area contributed by atoms with Gasteiger partial charge < -0.3 is 10.6 Å². The first-order chi connectivity index (χ1) is 28.2. The van der Waals surface area contributed by atoms with E-state index in [2.05, 4.69) is 167 Å². The SMILES string of the molecule is CC(C)(C)c1ccc(N=C2N=C(c3ccc(C4=NC(=Nc5ccc(C(C)(C)C)cc5)C(Nc5ccc(C(C)(C)C)cc5)=N4)cc3)N=C2Nc2ccc(C(C)(C)C)cc2)cc1. The van der Waals surface area contributed by atoms with Crippen LogP contribution in [0.1, 0.15) is 116 Å². The van der Waals surface area contributed by atoms with Gasteiger partial charge >= 0.3 is 0 Å². The number of nitrogens with zero attached hydrogens (tertiary/aromatic N) is 6. The van der Waals surface area contributed by atoms with Crippen molar-refractivity contribution in [2.75, 3.05) is 10.6 Å². The second-order valence-electron chi connectivity index (χ2n) is 19.7. The van der Waals surface area contributed by atoms with E-state index in [4.69, 9.17) is 30.0 Å². The molecule has 2 heterocycles. The summed E-state index contributed by atoms with van der Waals surface area (Å²) in [6, 6.07) is 41.6. The lowest BCUT2D eigenvalue weighted by atomic mass is 9.87. The first-order valence-electron chi connectivity index (χ1n) is 20.8. The second kappa shape index (κ2) is 16.1. The highest BCUT2D eigenvalue weighted by atomic mass is 15.2. The molecule has 60 heavy (non-hydrogen) atoms. The van der Waals surface area contributed by atoms with Crippen LogP contribution in [0.3, 0.4) is 0 Å². The molecular formula is C52H58N8. The fourth-order valence-corrected chi connectivity index (χ4v) is 6.72. The smallest absolute Gasteiger partial charge is 0.198 e. The van der Waals surface area contributed by atoms with Crippen molar-refractivity contribution in [3.63, 3.8) is 0 Å². The van der Waals surface area contributed by atoms with E-state index in [1.165, 1.54) is 22.3 Å². The molecule has 0 amide bonds. The van der Waals surface area contributed by atoms with E-state index in [0.29, 0.717) is 35.0 Å². The van der Waals surface area contributed by atoms with Gasteiger partial charge in [0.25, 0.3) is 0 Å². The maximum absolute atomic E-state index is 4.98. The summed E-state index contributed by atoms with van der Waals surface area (Å²) >= 11 is 0. The molecule has 0 fully saturated rings. The Labute approximate surface area is 356 Å². The lowest BCUT2D eigenvalue weighted by Gasteiger charge is -2.19. The van der Waals surface area contributed by atoms with E-state index in [0.717, 1.165) is 33.9 Å². The molecule has 7 rings (SSSR count). The van der Waals surface area contributed by atoms with E-state index < -0.39 is 0 Å². The van der Waals surface area contributed by atoms with Crippen molar-refractivity contribution in [3.05, 3.63) is 155 Å². The Hall–Kier alpha value is -6.28. The topological polar surface area (TPSA) is 98.2 Å². The van der Waals surface area contributed by atoms with Crippen molar-refractivity contribution >= 4 is 57.8 Å². The lowest BCUT2D eigenvalue weighted by Crippen LogP contribution is -2.19. The summed E-state index contributed by atoms with van der Waals surface area (Å²) in [5, 5.41) is 7.00. The van der Waals surface area contributed by atoms with Gasteiger partial charge in [0.1, 0.15) is 0 Å². The molecule has 0 spiro atoms. The molecule has 0 aromatic heterocycles. The molecule has 2 N–H and O–H groups in total. The Morgan fingerprint density at radius 2 is 0.600 bits per heavy atom. The van der Waals surface area contributed by atoms with E-state index >= 15 is 0 Å². The Bertz CT molecular complexity index is 2360. The van der Waals surface area contributed by atoms with Gasteiger partial charge in [0, 0.05) is 22.5 Å². The minimum absolute atomic E-state index is 0.0441. The van der Waals surface area contributed by atoms with Gasteiger partial charge in [-0.25, -0.2) is 30.0 Å². The molecule has 0 bridgehead atoms. The van der Waals surface area contributed by atoms with Crippen molar-refractivity contribution < 1.29 is 0 Å². The Morgan fingerprint density at radius 3 is 0.867 bits per heavy atom. The average Bonchev–Trinajstić information content (AvgIpc) is 3.77. The molecule has 0 atom stereocenters. The van der Waals surface area contributed by atoms with Crippen LogP contribution in [0, 0.1) is 0 Å². The number of hydrogen-bond acceptors (Lipinski definition) is 6. The largest absolute Gasteiger partial charge is 0.337 e. The summed E-state index contributed by atoms with van der Waals surface area (Å²) < 4.78 is 0. The van der Waals surface area contributed by atoms with Crippen LogP contribution in [-0.4, -0.2) is 35.0 Å². The third-order valence-electron chi connectivity index (χ3n) is 10.6. The van der Waals surface area contributed by atoms with Crippen molar-refractivity contribution in [2.45, 2.75) is 105 Å². The van der Waals surface area contributed by atoms with E-state index in [-0.39, 0.29) is 21.7 Å². The highest BCUT2D eigenvalue weighted by Gasteiger charge is 2.24. The van der Waals surface area contributed by atoms with Crippen LogP contribution in [0.4, 0.5) is 22.7 Å². The maximum Gasteiger partial charge on any atom is 0.198 e. The highest BCUT2D eigenvalue weighted by molar-refractivity contribution is 6.52. The van der Waals surface area contributed by atoms with Crippen LogP contribution in [0.15, 0.2) is 151 Å². The third-order valence-corrected chi connectivity index (χ3v) is 10.6. The molecule has 0 unspecified atom stereocenters. The summed E-state index contributed by atoms with van der Waals surface area (Å²) in [7, 11) is 0. The molecule has 0 saturated carbocycles. The lowest BCUT2D eigenvalue weighted by molar-refractivity contribution is 0.590. The van der Waals surface area contributed by atoms with Gasteiger partial charge in [0.05, 0.1) is 11.4 Å². The molecule has 8 heteroatoms. The third kappa shape index (κ3) is 9.94. The van der Waals surface area contributed by atoms with Crippen LogP contribution in [0.5, 0.6) is 0 Å². The zero-order valence-electron chi connectivity index (χ0n) is 37.2. The van der Waals surface area contributed by atoms with Gasteiger partial charge in [0.15, 0.2) is 35.0 Å². The molecule has 8 nitrogen and oxygen atoms in total. The quantitative estimate of drug-likeness (QED) is 0.179. The van der Waals surface area contributed by atoms with Gasteiger partial charge in [0.2, 0.25) is 0 Å². The molecule has 2 aliphatic heterocycles. The van der Waals surface area contributed by atoms with Crippen LogP contribution >= 0.6 is 0 Å². The van der Waals surface area contributed by atoms with Crippen molar-refractivity contribution in [1.82, 2.24) is 0 Å². The minimum Gasteiger partial charge on any atom is -0.337 e. The first kappa shape index (κ1) is 41.9. The highest BCUT2D eigenvalue weighted by Crippen LogP contribution is 2.29. The predicted octanol–water partition coefficient (Wildman–Crippen LogP) is 12.9. The molecule has 0 saturated heterocycles. The van der Waals surface area contributed by atoms with Gasteiger partial charge in [-0.15, -0.1) is 0 Å². The minimum atomic E-state index is 0.0441. The standard InChI is InChI=1S/C52H58N8/c1-49(2,3)35-17-25-39(26-18-35)53-45-46(54-40-27-19-36(20-28-40)50(4,5)6)58-43(57-45)33-13-15-34(16-14-33)44-59-47(55-41-29-21-37(22-30-41)51(7,8)9)48(60-44)56-42-31-23-38(24-32-42)52(10,11)12/h13-32H,1-12H3,(H,53,54,57,58)(H,55,56,59,60). The molecule has 0 aliphatic carbocycles. The number of benzene rings is 5. The molecule has 5 aromatic carbocycles. The molecule has 5 aromatic rings. The van der Waals surface area contributed by atoms with E-state index in [1.54, 1.807) is 0 Å². The van der Waals surface area contributed by atoms with Gasteiger partial charge in [-0.05, 0) is 92.4 Å². The first-order valence-corrected chi connectivity index (χ1v) is 20.8. The van der Waals surface area contributed by atoms with Crippen molar-refractivity contribution in [2.24, 2.45) is 30.0 Å². The second-order valence-corrected chi connectivity index (χ2v) is 19.7. The van der Waals surface area contributed by atoms with E-state index in [1.807, 2.05) is 48.5 Å². The molecular weight excluding hydrogens is 737 g/mol. The Morgan fingerprint density at radius 1 is 0.333 bits per heavy atom. The normalized spacial score (nSPS) is 16.1. The summed E-state index contributed by atoms with van der Waals surface area (Å²) in [5.74, 6) is 3.35. The number of aliphatic imine (C=N–C) groups is 6. The number of rotatable bonds is 6. The van der Waals surface area contributed by atoms with Crippen molar-refractivity contribution in [1.29, 1.82) is 0 Å². The average molecular weight is 795 g/mol. The van der Waals surface area contributed by atoms with Crippen molar-refractivity contribution in [3.8, 4) is 0 Å². The maximum atomic E-state index is 4.98. The number of amidine groups is 6. The van der Waals surface area contributed by atoms with Crippen LogP contribution in [0.25, 0.3) is 0 Å². The monoisotopic (exact) mass is 794 g/mol. The zero-order chi connectivity index (χ0) is 43.0. The van der Waals surface area contributed by atoms with Gasteiger partial charge in [-0.3, -0.25) is 0 Å². The van der Waals surface area contributed by atoms with Crippen LogP contribution < -0.4 is 10.6 Å². The predicted molar refractivity (Wildman–Crippen MR) is 256 cm³/mol. The molecule has 0 radical (unpaired) electrons. The van der Waals surface area contributed by atoms with Crippen LogP contribution in [0.2, 0.25) is 0 Å².